The number of fused-ring (bicyclic) bond motifs is 2. The minimum atomic E-state index is 0.132. The average molecular weight is 390 g/mol. The van der Waals surface area contributed by atoms with Gasteiger partial charge in [-0.25, -0.2) is 9.98 Å². The Balaban J connectivity index is 1.31. The number of aliphatic imine (C=N–C) groups is 1. The van der Waals surface area contributed by atoms with Gasteiger partial charge in [-0.05, 0) is 36.6 Å². The number of aromatic nitrogens is 2. The lowest BCUT2D eigenvalue weighted by Crippen LogP contribution is -2.37. The number of hydrogen-bond donors (Lipinski definition) is 2. The van der Waals surface area contributed by atoms with Gasteiger partial charge in [-0.1, -0.05) is 31.2 Å². The van der Waals surface area contributed by atoms with E-state index in [0.29, 0.717) is 25.2 Å². The van der Waals surface area contributed by atoms with Crippen LogP contribution < -0.4 is 15.8 Å². The lowest BCUT2D eigenvalue weighted by atomic mass is 10.0. The molecule has 3 N–H and O–H groups in total. The van der Waals surface area contributed by atoms with Crippen molar-refractivity contribution in [2.24, 2.45) is 10.7 Å². The number of rotatable bonds is 5. The molecule has 0 spiro atoms. The highest BCUT2D eigenvalue weighted by molar-refractivity contribution is 5.79. The molecular formula is C23H27N5O. The molecule has 6 heteroatoms. The Hall–Kier alpha value is -3.02. The SMILES string of the molecule is CCc1nc2cc(CN=C(N)NC3CCOc4ccccc43)ccc2n1C1CC1. The second-order valence-electron chi connectivity index (χ2n) is 7.88. The molecular weight excluding hydrogens is 362 g/mol. The van der Waals surface area contributed by atoms with Crippen LogP contribution in [0.25, 0.3) is 11.0 Å². The summed E-state index contributed by atoms with van der Waals surface area (Å²) in [5.41, 5.74) is 10.8. The van der Waals surface area contributed by atoms with Gasteiger partial charge in [0.1, 0.15) is 11.6 Å². The normalized spacial score (nSPS) is 19.1. The largest absolute Gasteiger partial charge is 0.493 e. The van der Waals surface area contributed by atoms with Gasteiger partial charge in [-0.15, -0.1) is 0 Å². The zero-order chi connectivity index (χ0) is 19.8. The summed E-state index contributed by atoms with van der Waals surface area (Å²) >= 11 is 0. The molecule has 1 aliphatic carbocycles. The highest BCUT2D eigenvalue weighted by Gasteiger charge is 2.27. The van der Waals surface area contributed by atoms with Crippen molar-refractivity contribution in [3.8, 4) is 5.75 Å². The van der Waals surface area contributed by atoms with Crippen LogP contribution in [-0.2, 0) is 13.0 Å². The third-order valence-corrected chi connectivity index (χ3v) is 5.77. The number of aryl methyl sites for hydroxylation is 1. The van der Waals surface area contributed by atoms with E-state index in [1.54, 1.807) is 0 Å². The van der Waals surface area contributed by atoms with Crippen LogP contribution in [0.1, 0.15) is 55.2 Å². The van der Waals surface area contributed by atoms with Crippen LogP contribution in [-0.4, -0.2) is 22.1 Å². The second-order valence-corrected chi connectivity index (χ2v) is 7.88. The van der Waals surface area contributed by atoms with Crippen molar-refractivity contribution in [2.75, 3.05) is 6.61 Å². The molecule has 2 heterocycles. The summed E-state index contributed by atoms with van der Waals surface area (Å²) in [7, 11) is 0. The molecule has 2 aliphatic rings. The molecule has 2 aromatic carbocycles. The molecule has 5 rings (SSSR count). The quantitative estimate of drug-likeness (QED) is 0.513. The third kappa shape index (κ3) is 3.55. The Kier molecular flexibility index (Phi) is 4.62. The summed E-state index contributed by atoms with van der Waals surface area (Å²) < 4.78 is 8.14. The van der Waals surface area contributed by atoms with Crippen LogP contribution in [0, 0.1) is 0 Å². The Morgan fingerprint density at radius 2 is 2.10 bits per heavy atom. The van der Waals surface area contributed by atoms with Gasteiger partial charge in [-0.3, -0.25) is 0 Å². The standard InChI is InChI=1S/C23H27N5O/c1-2-22-26-19-13-15(7-10-20(19)28(22)16-8-9-16)14-25-23(24)27-18-11-12-29-21-6-4-3-5-17(18)21/h3-7,10,13,16,18H,2,8-9,11-12,14H2,1H3,(H3,24,25,27). The number of nitrogens with two attached hydrogens (primary N) is 1. The van der Waals surface area contributed by atoms with E-state index in [0.717, 1.165) is 35.2 Å². The zero-order valence-corrected chi connectivity index (χ0v) is 16.8. The molecule has 0 saturated heterocycles. The fourth-order valence-electron chi connectivity index (χ4n) is 4.17. The number of ether oxygens (including phenoxy) is 1. The van der Waals surface area contributed by atoms with Crippen LogP contribution in [0.3, 0.4) is 0 Å². The van der Waals surface area contributed by atoms with E-state index >= 15 is 0 Å². The Bertz CT molecular complexity index is 1070. The van der Waals surface area contributed by atoms with Gasteiger partial charge in [-0.2, -0.15) is 0 Å². The van der Waals surface area contributed by atoms with Crippen molar-refractivity contribution in [3.05, 3.63) is 59.4 Å². The number of guanidine groups is 1. The predicted molar refractivity (Wildman–Crippen MR) is 115 cm³/mol. The summed E-state index contributed by atoms with van der Waals surface area (Å²) in [5.74, 6) is 2.57. The molecule has 0 bridgehead atoms. The molecule has 3 aromatic rings. The summed E-state index contributed by atoms with van der Waals surface area (Å²) in [6.45, 7) is 3.39. The second kappa shape index (κ2) is 7.43. The van der Waals surface area contributed by atoms with Crippen LogP contribution >= 0.6 is 0 Å². The van der Waals surface area contributed by atoms with Crippen molar-refractivity contribution in [2.45, 2.75) is 51.2 Å². The molecule has 1 aliphatic heterocycles. The van der Waals surface area contributed by atoms with Crippen LogP contribution in [0.5, 0.6) is 5.75 Å². The lowest BCUT2D eigenvalue weighted by Gasteiger charge is -2.26. The predicted octanol–water partition coefficient (Wildman–Crippen LogP) is 3.86. The maximum absolute atomic E-state index is 6.20. The lowest BCUT2D eigenvalue weighted by molar-refractivity contribution is 0.262. The van der Waals surface area contributed by atoms with Crippen molar-refractivity contribution in [1.82, 2.24) is 14.9 Å². The smallest absolute Gasteiger partial charge is 0.189 e. The average Bonchev–Trinajstić information content (AvgIpc) is 3.52. The number of hydrogen-bond acceptors (Lipinski definition) is 3. The molecule has 1 saturated carbocycles. The van der Waals surface area contributed by atoms with Crippen LogP contribution in [0.15, 0.2) is 47.5 Å². The fraction of sp³-hybridized carbons (Fsp3) is 0.391. The molecule has 1 fully saturated rings. The van der Waals surface area contributed by atoms with Crippen molar-refractivity contribution < 1.29 is 4.74 Å². The molecule has 0 amide bonds. The maximum atomic E-state index is 6.20. The van der Waals surface area contributed by atoms with Gasteiger partial charge in [0.25, 0.3) is 0 Å². The van der Waals surface area contributed by atoms with E-state index in [4.69, 9.17) is 15.5 Å². The fourth-order valence-corrected chi connectivity index (χ4v) is 4.17. The van der Waals surface area contributed by atoms with Gasteiger partial charge in [0.15, 0.2) is 5.96 Å². The number of benzene rings is 2. The number of nitrogens with zero attached hydrogens (tertiary/aromatic N) is 3. The van der Waals surface area contributed by atoms with Crippen molar-refractivity contribution in [3.63, 3.8) is 0 Å². The van der Waals surface area contributed by atoms with E-state index in [-0.39, 0.29) is 6.04 Å². The van der Waals surface area contributed by atoms with Crippen LogP contribution in [0.4, 0.5) is 0 Å². The first-order valence-electron chi connectivity index (χ1n) is 10.5. The minimum absolute atomic E-state index is 0.132. The number of para-hydroxylation sites is 1. The monoisotopic (exact) mass is 389 g/mol. The molecule has 1 atom stereocenters. The molecule has 0 radical (unpaired) electrons. The molecule has 6 nitrogen and oxygen atoms in total. The first-order valence-corrected chi connectivity index (χ1v) is 10.5. The van der Waals surface area contributed by atoms with Gasteiger partial charge < -0.3 is 20.4 Å². The van der Waals surface area contributed by atoms with Gasteiger partial charge in [0, 0.05) is 24.4 Å². The van der Waals surface area contributed by atoms with Crippen LogP contribution in [0.2, 0.25) is 0 Å². The van der Waals surface area contributed by atoms with Gasteiger partial charge >= 0.3 is 0 Å². The highest BCUT2D eigenvalue weighted by atomic mass is 16.5. The highest BCUT2D eigenvalue weighted by Crippen LogP contribution is 2.39. The minimum Gasteiger partial charge on any atom is -0.493 e. The third-order valence-electron chi connectivity index (χ3n) is 5.77. The van der Waals surface area contributed by atoms with Crippen molar-refractivity contribution in [1.29, 1.82) is 0 Å². The number of nitrogens with one attached hydrogen (secondary N) is 1. The maximum Gasteiger partial charge on any atom is 0.189 e. The number of imidazole rings is 1. The first-order chi connectivity index (χ1) is 14.2. The Morgan fingerprint density at radius 1 is 1.24 bits per heavy atom. The summed E-state index contributed by atoms with van der Waals surface area (Å²) in [6.07, 6.45) is 4.36. The van der Waals surface area contributed by atoms with E-state index in [2.05, 4.69) is 46.1 Å². The summed E-state index contributed by atoms with van der Waals surface area (Å²) in [4.78, 5) is 9.43. The topological polar surface area (TPSA) is 77.5 Å². The molecule has 29 heavy (non-hydrogen) atoms. The van der Waals surface area contributed by atoms with Gasteiger partial charge in [0.05, 0.1) is 30.2 Å². The van der Waals surface area contributed by atoms with E-state index in [1.807, 2.05) is 18.2 Å². The Labute approximate surface area is 170 Å². The van der Waals surface area contributed by atoms with Crippen molar-refractivity contribution >= 4 is 17.0 Å². The molecule has 1 unspecified atom stereocenters. The molecule has 1 aromatic heterocycles. The van der Waals surface area contributed by atoms with E-state index < -0.39 is 0 Å². The van der Waals surface area contributed by atoms with Gasteiger partial charge in [0.2, 0.25) is 0 Å². The first kappa shape index (κ1) is 18.0. The zero-order valence-electron chi connectivity index (χ0n) is 16.8. The Morgan fingerprint density at radius 3 is 2.93 bits per heavy atom. The van der Waals surface area contributed by atoms with E-state index in [1.165, 1.54) is 24.2 Å². The van der Waals surface area contributed by atoms with E-state index in [9.17, 15) is 0 Å². The molecule has 150 valence electrons. The summed E-state index contributed by atoms with van der Waals surface area (Å²) in [6, 6.07) is 15.3. The summed E-state index contributed by atoms with van der Waals surface area (Å²) in [5, 5.41) is 3.36.